The van der Waals surface area contributed by atoms with Crippen molar-refractivity contribution in [2.75, 3.05) is 30.8 Å². The molecule has 0 heterocycles. The molecular formula is C25H34ClN3O5S. The number of nitrogens with one attached hydrogen (secondary N) is 1. The van der Waals surface area contributed by atoms with Gasteiger partial charge in [-0.25, -0.2) is 8.42 Å². The number of hydrogen-bond acceptors (Lipinski definition) is 5. The minimum absolute atomic E-state index is 0.0547. The molecule has 0 aliphatic heterocycles. The average Bonchev–Trinajstić information content (AvgIpc) is 2.81. The number of anilines is 1. The van der Waals surface area contributed by atoms with Crippen molar-refractivity contribution in [1.29, 1.82) is 0 Å². The Labute approximate surface area is 213 Å². The topological polar surface area (TPSA) is 96.0 Å². The number of hydrogen-bond donors (Lipinski definition) is 1. The van der Waals surface area contributed by atoms with Gasteiger partial charge in [-0.1, -0.05) is 49.7 Å². The summed E-state index contributed by atoms with van der Waals surface area (Å²) in [5.74, 6) is -0.509. The summed E-state index contributed by atoms with van der Waals surface area (Å²) < 4.78 is 32.0. The fraction of sp³-hybridized carbons (Fsp3) is 0.440. The smallest absolute Gasteiger partial charge is 0.244 e. The number of halogens is 1. The summed E-state index contributed by atoms with van der Waals surface area (Å²) in [6.45, 7) is 5.59. The maximum atomic E-state index is 13.7. The van der Waals surface area contributed by atoms with Crippen molar-refractivity contribution in [3.63, 3.8) is 0 Å². The molecule has 2 amide bonds. The number of nitrogens with zero attached hydrogens (tertiary/aromatic N) is 2. The van der Waals surface area contributed by atoms with Crippen LogP contribution in [0.25, 0.3) is 0 Å². The van der Waals surface area contributed by atoms with Gasteiger partial charge in [-0.2, -0.15) is 0 Å². The molecule has 0 saturated heterocycles. The van der Waals surface area contributed by atoms with Crippen molar-refractivity contribution in [1.82, 2.24) is 10.2 Å². The number of amides is 2. The van der Waals surface area contributed by atoms with Gasteiger partial charge in [0, 0.05) is 18.1 Å². The first-order valence-electron chi connectivity index (χ1n) is 11.5. The van der Waals surface area contributed by atoms with E-state index in [-0.39, 0.29) is 18.1 Å². The lowest BCUT2D eigenvalue weighted by molar-refractivity contribution is -0.140. The SMILES string of the molecule is CCCNC(=O)[C@H](CC)N(Cc1ccccc1Cl)C(=O)CN(c1cc(C)ccc1OC)S(C)(=O)=O. The zero-order valence-corrected chi connectivity index (χ0v) is 22.4. The molecular weight excluding hydrogens is 490 g/mol. The quantitative estimate of drug-likeness (QED) is 0.457. The second kappa shape index (κ2) is 12.8. The van der Waals surface area contributed by atoms with Gasteiger partial charge in [0.25, 0.3) is 0 Å². The van der Waals surface area contributed by atoms with Gasteiger partial charge in [0.2, 0.25) is 21.8 Å². The Balaban J connectivity index is 2.51. The lowest BCUT2D eigenvalue weighted by atomic mass is 10.1. The highest BCUT2D eigenvalue weighted by Crippen LogP contribution is 2.31. The zero-order valence-electron chi connectivity index (χ0n) is 20.9. The lowest BCUT2D eigenvalue weighted by Crippen LogP contribution is -2.52. The van der Waals surface area contributed by atoms with E-state index in [0.717, 1.165) is 22.5 Å². The minimum Gasteiger partial charge on any atom is -0.495 e. The number of ether oxygens (including phenoxy) is 1. The van der Waals surface area contributed by atoms with E-state index in [2.05, 4.69) is 5.32 Å². The minimum atomic E-state index is -3.86. The van der Waals surface area contributed by atoms with Crippen LogP contribution in [0.15, 0.2) is 42.5 Å². The maximum absolute atomic E-state index is 13.7. The van der Waals surface area contributed by atoms with E-state index in [0.29, 0.717) is 29.3 Å². The first-order valence-corrected chi connectivity index (χ1v) is 13.7. The van der Waals surface area contributed by atoms with Gasteiger partial charge in [0.1, 0.15) is 18.3 Å². The molecule has 1 N–H and O–H groups in total. The van der Waals surface area contributed by atoms with Crippen LogP contribution in [0.5, 0.6) is 5.75 Å². The summed E-state index contributed by atoms with van der Waals surface area (Å²) in [6, 6.07) is 11.3. The van der Waals surface area contributed by atoms with Gasteiger partial charge in [0.05, 0.1) is 19.1 Å². The van der Waals surface area contributed by atoms with Crippen LogP contribution in [0.1, 0.15) is 37.8 Å². The molecule has 1 atom stereocenters. The summed E-state index contributed by atoms with van der Waals surface area (Å²) in [4.78, 5) is 28.1. The fourth-order valence-electron chi connectivity index (χ4n) is 3.69. The highest BCUT2D eigenvalue weighted by Gasteiger charge is 2.32. The Morgan fingerprint density at radius 3 is 2.40 bits per heavy atom. The largest absolute Gasteiger partial charge is 0.495 e. The van der Waals surface area contributed by atoms with Crippen molar-refractivity contribution in [3.05, 3.63) is 58.6 Å². The summed E-state index contributed by atoms with van der Waals surface area (Å²) in [6.07, 6.45) is 2.12. The third-order valence-corrected chi connectivity index (χ3v) is 7.01. The van der Waals surface area contributed by atoms with Crippen molar-refractivity contribution in [2.24, 2.45) is 0 Å². The number of carbonyl (C=O) groups excluding carboxylic acids is 2. The van der Waals surface area contributed by atoms with E-state index in [1.165, 1.54) is 12.0 Å². The van der Waals surface area contributed by atoms with Crippen LogP contribution >= 0.6 is 11.6 Å². The molecule has 0 saturated carbocycles. The van der Waals surface area contributed by atoms with E-state index in [1.54, 1.807) is 49.4 Å². The Bertz CT molecular complexity index is 1140. The molecule has 2 aromatic carbocycles. The summed E-state index contributed by atoms with van der Waals surface area (Å²) in [5.41, 5.74) is 1.72. The average molecular weight is 524 g/mol. The number of methoxy groups -OCH3 is 1. The van der Waals surface area contributed by atoms with Gasteiger partial charge in [-0.15, -0.1) is 0 Å². The van der Waals surface area contributed by atoms with E-state index < -0.39 is 28.5 Å². The van der Waals surface area contributed by atoms with Crippen molar-refractivity contribution in [3.8, 4) is 5.75 Å². The molecule has 2 aromatic rings. The standard InChI is InChI=1S/C25H34ClN3O5S/c1-6-14-27-25(31)21(7-2)28(16-19-10-8-9-11-20(19)26)24(30)17-29(35(5,32)33)22-15-18(3)12-13-23(22)34-4/h8-13,15,21H,6-7,14,16-17H2,1-5H3,(H,27,31)/t21-/m0/s1. The molecule has 0 aromatic heterocycles. The van der Waals surface area contributed by atoms with Gasteiger partial charge < -0.3 is 15.0 Å². The predicted octanol–water partition coefficient (Wildman–Crippen LogP) is 3.76. The molecule has 0 fully saturated rings. The van der Waals surface area contributed by atoms with Gasteiger partial charge >= 0.3 is 0 Å². The molecule has 0 spiro atoms. The Morgan fingerprint density at radius 2 is 1.83 bits per heavy atom. The maximum Gasteiger partial charge on any atom is 0.244 e. The van der Waals surface area contributed by atoms with Crippen molar-refractivity contribution in [2.45, 2.75) is 46.2 Å². The van der Waals surface area contributed by atoms with E-state index in [4.69, 9.17) is 16.3 Å². The molecule has 2 rings (SSSR count). The lowest BCUT2D eigenvalue weighted by Gasteiger charge is -2.33. The van der Waals surface area contributed by atoms with Crippen LogP contribution < -0.4 is 14.4 Å². The molecule has 0 aliphatic rings. The van der Waals surface area contributed by atoms with Crippen LogP contribution in [0.3, 0.4) is 0 Å². The highest BCUT2D eigenvalue weighted by atomic mass is 35.5. The summed E-state index contributed by atoms with van der Waals surface area (Å²) >= 11 is 6.35. The summed E-state index contributed by atoms with van der Waals surface area (Å²) in [7, 11) is -2.43. The van der Waals surface area contributed by atoms with Gasteiger partial charge in [-0.05, 0) is 49.1 Å². The molecule has 10 heteroatoms. The number of aryl methyl sites for hydroxylation is 1. The van der Waals surface area contributed by atoms with Crippen molar-refractivity contribution < 1.29 is 22.7 Å². The second-order valence-corrected chi connectivity index (χ2v) is 10.6. The molecule has 0 radical (unpaired) electrons. The number of benzene rings is 2. The molecule has 192 valence electrons. The number of carbonyl (C=O) groups is 2. The van der Waals surface area contributed by atoms with E-state index >= 15 is 0 Å². The van der Waals surface area contributed by atoms with Gasteiger partial charge in [0.15, 0.2) is 0 Å². The van der Waals surface area contributed by atoms with E-state index in [9.17, 15) is 18.0 Å². The molecule has 35 heavy (non-hydrogen) atoms. The monoisotopic (exact) mass is 523 g/mol. The fourth-order valence-corrected chi connectivity index (χ4v) is 4.73. The van der Waals surface area contributed by atoms with Crippen LogP contribution in [-0.2, 0) is 26.2 Å². The van der Waals surface area contributed by atoms with Crippen LogP contribution in [0.4, 0.5) is 5.69 Å². The third-order valence-electron chi connectivity index (χ3n) is 5.52. The Kier molecular flexibility index (Phi) is 10.4. The molecule has 0 aliphatic carbocycles. The number of rotatable bonds is 12. The molecule has 0 bridgehead atoms. The summed E-state index contributed by atoms with van der Waals surface area (Å²) in [5, 5.41) is 3.30. The predicted molar refractivity (Wildman–Crippen MR) is 139 cm³/mol. The first kappa shape index (κ1) is 28.5. The Hall–Kier alpha value is -2.78. The van der Waals surface area contributed by atoms with Crippen LogP contribution in [0, 0.1) is 6.92 Å². The number of sulfonamides is 1. The second-order valence-electron chi connectivity index (χ2n) is 8.27. The zero-order chi connectivity index (χ0) is 26.2. The normalized spacial score (nSPS) is 12.1. The van der Waals surface area contributed by atoms with Crippen molar-refractivity contribution >= 4 is 39.1 Å². The van der Waals surface area contributed by atoms with Crippen LogP contribution in [0.2, 0.25) is 5.02 Å². The Morgan fingerprint density at radius 1 is 1.14 bits per heavy atom. The molecule has 0 unspecified atom stereocenters. The van der Waals surface area contributed by atoms with Crippen LogP contribution in [-0.4, -0.2) is 57.6 Å². The third kappa shape index (κ3) is 7.60. The van der Waals surface area contributed by atoms with Gasteiger partial charge in [-0.3, -0.25) is 13.9 Å². The van der Waals surface area contributed by atoms with E-state index in [1.807, 2.05) is 13.8 Å². The highest BCUT2D eigenvalue weighted by molar-refractivity contribution is 7.92. The first-order chi connectivity index (χ1) is 16.5. The molecule has 8 nitrogen and oxygen atoms in total.